The molecule has 2 heterocycles. The standard InChI is InChI=1S/C15H26N6O/c1-11-18-19-14(20(11)2)8-16-15(17-13-4-5-13)21-7-6-12(9-21)10-22-3/h12-13H,4-10H2,1-3H3,(H,16,17). The molecule has 0 bridgehead atoms. The molecule has 1 saturated heterocycles. The highest BCUT2D eigenvalue weighted by Gasteiger charge is 2.29. The maximum atomic E-state index is 5.29. The molecule has 1 aromatic heterocycles. The zero-order valence-corrected chi connectivity index (χ0v) is 13.7. The van der Waals surface area contributed by atoms with Gasteiger partial charge in [0.25, 0.3) is 0 Å². The second-order valence-electron chi connectivity index (χ2n) is 6.34. The van der Waals surface area contributed by atoms with Gasteiger partial charge in [0, 0.05) is 39.2 Å². The Morgan fingerprint density at radius 3 is 2.82 bits per heavy atom. The van der Waals surface area contributed by atoms with Gasteiger partial charge in [-0.25, -0.2) is 4.99 Å². The zero-order chi connectivity index (χ0) is 15.5. The average Bonchev–Trinajstić information content (AvgIpc) is 3.12. The molecular weight excluding hydrogens is 280 g/mol. The summed E-state index contributed by atoms with van der Waals surface area (Å²) in [6, 6.07) is 0.599. The summed E-state index contributed by atoms with van der Waals surface area (Å²) in [7, 11) is 3.76. The molecule has 0 aromatic carbocycles. The molecule has 3 rings (SSSR count). The predicted octanol–water partition coefficient (Wildman–Crippen LogP) is 0.700. The first-order chi connectivity index (χ1) is 10.7. The van der Waals surface area contributed by atoms with E-state index >= 15 is 0 Å². The van der Waals surface area contributed by atoms with E-state index < -0.39 is 0 Å². The Labute approximate surface area is 131 Å². The maximum Gasteiger partial charge on any atom is 0.194 e. The highest BCUT2D eigenvalue weighted by Crippen LogP contribution is 2.21. The van der Waals surface area contributed by atoms with E-state index in [1.54, 1.807) is 7.11 Å². The quantitative estimate of drug-likeness (QED) is 0.641. The Balaban J connectivity index is 1.66. The molecule has 122 valence electrons. The monoisotopic (exact) mass is 306 g/mol. The fraction of sp³-hybridized carbons (Fsp3) is 0.800. The van der Waals surface area contributed by atoms with Gasteiger partial charge in [0.1, 0.15) is 12.4 Å². The number of aryl methyl sites for hydroxylation is 1. The summed E-state index contributed by atoms with van der Waals surface area (Å²) in [5, 5.41) is 11.9. The first-order valence-corrected chi connectivity index (χ1v) is 8.07. The molecule has 7 nitrogen and oxygen atoms in total. The van der Waals surface area contributed by atoms with Crippen LogP contribution in [0.1, 0.15) is 30.9 Å². The van der Waals surface area contributed by atoms with E-state index in [4.69, 9.17) is 9.73 Å². The van der Waals surface area contributed by atoms with Gasteiger partial charge in [-0.3, -0.25) is 0 Å². The second-order valence-corrected chi connectivity index (χ2v) is 6.34. The first kappa shape index (κ1) is 15.3. The lowest BCUT2D eigenvalue weighted by Crippen LogP contribution is -2.41. The molecule has 1 aliphatic carbocycles. The first-order valence-electron chi connectivity index (χ1n) is 8.07. The van der Waals surface area contributed by atoms with Gasteiger partial charge in [0.2, 0.25) is 0 Å². The van der Waals surface area contributed by atoms with Gasteiger partial charge in [-0.1, -0.05) is 0 Å². The Kier molecular flexibility index (Phi) is 4.61. The molecule has 7 heteroatoms. The van der Waals surface area contributed by atoms with Gasteiger partial charge < -0.3 is 19.5 Å². The molecule has 1 unspecified atom stereocenters. The van der Waals surface area contributed by atoms with Crippen molar-refractivity contribution in [1.29, 1.82) is 0 Å². The van der Waals surface area contributed by atoms with Crippen LogP contribution in [-0.2, 0) is 18.3 Å². The van der Waals surface area contributed by atoms with Crippen molar-refractivity contribution in [2.45, 2.75) is 38.8 Å². The lowest BCUT2D eigenvalue weighted by molar-refractivity contribution is 0.157. The summed E-state index contributed by atoms with van der Waals surface area (Å²) in [6.07, 6.45) is 3.66. The van der Waals surface area contributed by atoms with Crippen LogP contribution in [0, 0.1) is 12.8 Å². The molecule has 0 radical (unpaired) electrons. The van der Waals surface area contributed by atoms with E-state index in [0.29, 0.717) is 18.5 Å². The molecular formula is C15H26N6O. The maximum absolute atomic E-state index is 5.29. The van der Waals surface area contributed by atoms with Crippen LogP contribution in [0.4, 0.5) is 0 Å². The number of guanidine groups is 1. The molecule has 1 aliphatic heterocycles. The third-order valence-electron chi connectivity index (χ3n) is 4.45. The minimum atomic E-state index is 0.567. The van der Waals surface area contributed by atoms with Crippen LogP contribution < -0.4 is 5.32 Å². The second kappa shape index (κ2) is 6.64. The third-order valence-corrected chi connectivity index (χ3v) is 4.45. The smallest absolute Gasteiger partial charge is 0.194 e. The summed E-state index contributed by atoms with van der Waals surface area (Å²) in [5.41, 5.74) is 0. The van der Waals surface area contributed by atoms with Gasteiger partial charge in [0.15, 0.2) is 11.8 Å². The SMILES string of the molecule is COCC1CCN(C(=NCc2nnc(C)n2C)NC2CC2)C1. The Morgan fingerprint density at radius 1 is 1.36 bits per heavy atom. The van der Waals surface area contributed by atoms with Gasteiger partial charge in [0.05, 0.1) is 6.61 Å². The third kappa shape index (κ3) is 3.58. The number of nitrogens with one attached hydrogen (secondary N) is 1. The molecule has 0 amide bonds. The number of rotatable bonds is 5. The largest absolute Gasteiger partial charge is 0.384 e. The summed E-state index contributed by atoms with van der Waals surface area (Å²) < 4.78 is 7.28. The molecule has 1 saturated carbocycles. The number of hydrogen-bond acceptors (Lipinski definition) is 4. The van der Waals surface area contributed by atoms with Crippen molar-refractivity contribution in [3.05, 3.63) is 11.6 Å². The summed E-state index contributed by atoms with van der Waals surface area (Å²) >= 11 is 0. The summed E-state index contributed by atoms with van der Waals surface area (Å²) in [6.45, 7) is 5.42. The average molecular weight is 306 g/mol. The number of ether oxygens (including phenoxy) is 1. The molecule has 1 aromatic rings. The van der Waals surface area contributed by atoms with Crippen molar-refractivity contribution in [2.24, 2.45) is 18.0 Å². The van der Waals surface area contributed by atoms with E-state index in [1.165, 1.54) is 19.3 Å². The van der Waals surface area contributed by atoms with E-state index in [1.807, 2.05) is 18.5 Å². The molecule has 22 heavy (non-hydrogen) atoms. The van der Waals surface area contributed by atoms with Gasteiger partial charge >= 0.3 is 0 Å². The number of aromatic nitrogens is 3. The number of aliphatic imine (C=N–C) groups is 1. The fourth-order valence-corrected chi connectivity index (χ4v) is 2.78. The Bertz CT molecular complexity index is 536. The van der Waals surface area contributed by atoms with Gasteiger partial charge in [-0.15, -0.1) is 10.2 Å². The van der Waals surface area contributed by atoms with Crippen molar-refractivity contribution < 1.29 is 4.74 Å². The highest BCUT2D eigenvalue weighted by molar-refractivity contribution is 5.80. The van der Waals surface area contributed by atoms with Crippen molar-refractivity contribution in [2.75, 3.05) is 26.8 Å². The van der Waals surface area contributed by atoms with Crippen molar-refractivity contribution in [1.82, 2.24) is 25.0 Å². The predicted molar refractivity (Wildman–Crippen MR) is 84.6 cm³/mol. The van der Waals surface area contributed by atoms with E-state index in [0.717, 1.165) is 37.3 Å². The Morgan fingerprint density at radius 2 is 2.18 bits per heavy atom. The van der Waals surface area contributed by atoms with Crippen LogP contribution >= 0.6 is 0 Å². The normalized spacial score (nSPS) is 22.4. The van der Waals surface area contributed by atoms with Gasteiger partial charge in [-0.05, 0) is 26.2 Å². The van der Waals surface area contributed by atoms with Crippen LogP contribution in [0.5, 0.6) is 0 Å². The van der Waals surface area contributed by atoms with Gasteiger partial charge in [-0.2, -0.15) is 0 Å². The number of hydrogen-bond donors (Lipinski definition) is 1. The minimum absolute atomic E-state index is 0.567. The van der Waals surface area contributed by atoms with E-state index in [-0.39, 0.29) is 0 Å². The van der Waals surface area contributed by atoms with Crippen LogP contribution in [0.3, 0.4) is 0 Å². The van der Waals surface area contributed by atoms with Crippen LogP contribution in [-0.4, -0.2) is 58.5 Å². The molecule has 2 fully saturated rings. The molecule has 2 aliphatic rings. The van der Waals surface area contributed by atoms with E-state index in [9.17, 15) is 0 Å². The molecule has 1 atom stereocenters. The highest BCUT2D eigenvalue weighted by atomic mass is 16.5. The summed E-state index contributed by atoms with van der Waals surface area (Å²) in [5.74, 6) is 3.44. The summed E-state index contributed by atoms with van der Waals surface area (Å²) in [4.78, 5) is 7.14. The van der Waals surface area contributed by atoms with Crippen LogP contribution in [0.2, 0.25) is 0 Å². The van der Waals surface area contributed by atoms with Crippen molar-refractivity contribution in [3.8, 4) is 0 Å². The van der Waals surface area contributed by atoms with E-state index in [2.05, 4.69) is 20.4 Å². The fourth-order valence-electron chi connectivity index (χ4n) is 2.78. The molecule has 0 spiro atoms. The van der Waals surface area contributed by atoms with Crippen molar-refractivity contribution in [3.63, 3.8) is 0 Å². The Hall–Kier alpha value is -1.63. The zero-order valence-electron chi connectivity index (χ0n) is 13.7. The number of likely N-dealkylation sites (tertiary alicyclic amines) is 1. The topological polar surface area (TPSA) is 67.6 Å². The minimum Gasteiger partial charge on any atom is -0.384 e. The number of nitrogens with zero attached hydrogens (tertiary/aromatic N) is 5. The lowest BCUT2D eigenvalue weighted by Gasteiger charge is -2.22. The number of methoxy groups -OCH3 is 1. The van der Waals surface area contributed by atoms with Crippen molar-refractivity contribution >= 4 is 5.96 Å². The van der Waals surface area contributed by atoms with Crippen LogP contribution in [0.25, 0.3) is 0 Å². The lowest BCUT2D eigenvalue weighted by atomic mass is 10.1. The van der Waals surface area contributed by atoms with Crippen LogP contribution in [0.15, 0.2) is 4.99 Å². The molecule has 1 N–H and O–H groups in total.